The van der Waals surface area contributed by atoms with E-state index in [4.69, 9.17) is 5.14 Å². The van der Waals surface area contributed by atoms with E-state index in [-0.39, 0.29) is 22.4 Å². The number of sulfone groups is 1. The number of nitrogens with one attached hydrogen (secondary N) is 1. The molecule has 1 atom stereocenters. The summed E-state index contributed by atoms with van der Waals surface area (Å²) < 4.78 is 46.1. The normalized spacial score (nSPS) is 22.4. The maximum atomic E-state index is 11.6. The predicted octanol–water partition coefficient (Wildman–Crippen LogP) is 0.632. The monoisotopic (exact) mass is 318 g/mol. The van der Waals surface area contributed by atoms with E-state index in [1.165, 1.54) is 6.07 Å². The standard InChI is InChI=1S/C12H18N2O4S2/c1-9-4-5-10(7-12(9)20(13,17)18)14-11-3-2-6-19(15,16)8-11/h4-5,7,11,14H,2-3,6,8H2,1H3,(H2,13,17,18). The molecule has 0 amide bonds. The van der Waals surface area contributed by atoms with Gasteiger partial charge in [0.1, 0.15) is 0 Å². The third kappa shape index (κ3) is 3.71. The van der Waals surface area contributed by atoms with Crippen molar-refractivity contribution >= 4 is 25.5 Å². The summed E-state index contributed by atoms with van der Waals surface area (Å²) in [7, 11) is -6.78. The summed E-state index contributed by atoms with van der Waals surface area (Å²) in [6.07, 6.45) is 1.37. The van der Waals surface area contributed by atoms with Gasteiger partial charge in [0.2, 0.25) is 10.0 Å². The molecule has 20 heavy (non-hydrogen) atoms. The molecule has 6 nitrogen and oxygen atoms in total. The Bertz CT molecular complexity index is 711. The molecule has 1 saturated heterocycles. The van der Waals surface area contributed by atoms with Crippen LogP contribution in [0, 0.1) is 6.92 Å². The SMILES string of the molecule is Cc1ccc(NC2CCCS(=O)(=O)C2)cc1S(N)(=O)=O. The highest BCUT2D eigenvalue weighted by molar-refractivity contribution is 7.91. The van der Waals surface area contributed by atoms with Crippen LogP contribution < -0.4 is 10.5 Å². The van der Waals surface area contributed by atoms with E-state index >= 15 is 0 Å². The number of primary sulfonamides is 1. The number of hydrogen-bond donors (Lipinski definition) is 2. The fourth-order valence-corrected chi connectivity index (χ4v) is 4.81. The van der Waals surface area contributed by atoms with Gasteiger partial charge in [-0.1, -0.05) is 6.07 Å². The van der Waals surface area contributed by atoms with Crippen LogP contribution in [-0.4, -0.2) is 34.4 Å². The molecule has 1 aliphatic heterocycles. The molecular weight excluding hydrogens is 300 g/mol. The minimum absolute atomic E-state index is 0.0566. The van der Waals surface area contributed by atoms with Crippen LogP contribution in [0.25, 0.3) is 0 Å². The first kappa shape index (κ1) is 15.3. The van der Waals surface area contributed by atoms with Crippen LogP contribution in [0.3, 0.4) is 0 Å². The number of nitrogens with two attached hydrogens (primary N) is 1. The molecule has 1 aliphatic rings. The van der Waals surface area contributed by atoms with Crippen molar-refractivity contribution in [1.82, 2.24) is 0 Å². The average Bonchev–Trinajstić information content (AvgIpc) is 2.29. The number of benzene rings is 1. The summed E-state index contributed by atoms with van der Waals surface area (Å²) in [5, 5.41) is 8.23. The molecule has 0 radical (unpaired) electrons. The Labute approximate surface area is 119 Å². The highest BCUT2D eigenvalue weighted by Crippen LogP contribution is 2.22. The van der Waals surface area contributed by atoms with Gasteiger partial charge in [-0.3, -0.25) is 0 Å². The topological polar surface area (TPSA) is 106 Å². The van der Waals surface area contributed by atoms with Gasteiger partial charge in [0.25, 0.3) is 0 Å². The molecule has 1 aromatic rings. The van der Waals surface area contributed by atoms with Gasteiger partial charge in [-0.05, 0) is 37.5 Å². The molecule has 0 bridgehead atoms. The van der Waals surface area contributed by atoms with Crippen molar-refractivity contribution in [2.75, 3.05) is 16.8 Å². The fourth-order valence-electron chi connectivity index (χ4n) is 2.37. The summed E-state index contributed by atoms with van der Waals surface area (Å²) in [6, 6.07) is 4.64. The number of aryl methyl sites for hydroxylation is 1. The molecule has 1 aromatic carbocycles. The highest BCUT2D eigenvalue weighted by Gasteiger charge is 2.24. The van der Waals surface area contributed by atoms with E-state index in [2.05, 4.69) is 5.32 Å². The number of rotatable bonds is 3. The van der Waals surface area contributed by atoms with Crippen molar-refractivity contribution in [3.05, 3.63) is 23.8 Å². The van der Waals surface area contributed by atoms with E-state index in [1.54, 1.807) is 19.1 Å². The lowest BCUT2D eigenvalue weighted by atomic mass is 10.1. The van der Waals surface area contributed by atoms with Crippen LogP contribution in [0.15, 0.2) is 23.1 Å². The summed E-state index contributed by atoms with van der Waals surface area (Å²) in [4.78, 5) is 0.0566. The van der Waals surface area contributed by atoms with Gasteiger partial charge in [-0.15, -0.1) is 0 Å². The van der Waals surface area contributed by atoms with Gasteiger partial charge < -0.3 is 5.32 Å². The fraction of sp³-hybridized carbons (Fsp3) is 0.500. The van der Waals surface area contributed by atoms with Gasteiger partial charge in [-0.2, -0.15) is 0 Å². The quantitative estimate of drug-likeness (QED) is 0.850. The Morgan fingerprint density at radius 3 is 2.65 bits per heavy atom. The lowest BCUT2D eigenvalue weighted by Gasteiger charge is -2.24. The molecule has 1 unspecified atom stereocenters. The van der Waals surface area contributed by atoms with Gasteiger partial charge in [0.05, 0.1) is 16.4 Å². The zero-order chi connectivity index (χ0) is 15.0. The van der Waals surface area contributed by atoms with E-state index in [9.17, 15) is 16.8 Å². The van der Waals surface area contributed by atoms with Crippen molar-refractivity contribution in [2.24, 2.45) is 5.14 Å². The van der Waals surface area contributed by atoms with Gasteiger partial charge >= 0.3 is 0 Å². The van der Waals surface area contributed by atoms with E-state index in [1.807, 2.05) is 0 Å². The number of sulfonamides is 1. The lowest BCUT2D eigenvalue weighted by molar-refractivity contribution is 0.561. The third-order valence-corrected chi connectivity index (χ3v) is 6.20. The van der Waals surface area contributed by atoms with Crippen molar-refractivity contribution in [2.45, 2.75) is 30.7 Å². The molecule has 1 fully saturated rings. The van der Waals surface area contributed by atoms with Gasteiger partial charge in [-0.25, -0.2) is 22.0 Å². The second-order valence-electron chi connectivity index (χ2n) is 5.12. The van der Waals surface area contributed by atoms with Crippen LogP contribution in [-0.2, 0) is 19.9 Å². The van der Waals surface area contributed by atoms with E-state index in [0.717, 1.165) is 6.42 Å². The van der Waals surface area contributed by atoms with Crippen molar-refractivity contribution in [3.8, 4) is 0 Å². The summed E-state index contributed by atoms with van der Waals surface area (Å²) >= 11 is 0. The minimum atomic E-state index is -3.78. The van der Waals surface area contributed by atoms with Crippen molar-refractivity contribution in [1.29, 1.82) is 0 Å². The predicted molar refractivity (Wildman–Crippen MR) is 77.9 cm³/mol. The zero-order valence-electron chi connectivity index (χ0n) is 11.2. The number of anilines is 1. The maximum Gasteiger partial charge on any atom is 0.238 e. The Balaban J connectivity index is 2.23. The Kier molecular flexibility index (Phi) is 4.08. The van der Waals surface area contributed by atoms with Crippen LogP contribution in [0.1, 0.15) is 18.4 Å². The molecular formula is C12H18N2O4S2. The Morgan fingerprint density at radius 2 is 2.05 bits per heavy atom. The second kappa shape index (κ2) is 5.34. The van der Waals surface area contributed by atoms with E-state index in [0.29, 0.717) is 17.7 Å². The summed E-state index contributed by atoms with van der Waals surface area (Å²) in [5.41, 5.74) is 1.14. The largest absolute Gasteiger partial charge is 0.381 e. The zero-order valence-corrected chi connectivity index (χ0v) is 12.8. The second-order valence-corrected chi connectivity index (χ2v) is 8.88. The van der Waals surface area contributed by atoms with Gasteiger partial charge in [0.15, 0.2) is 9.84 Å². The molecule has 3 N–H and O–H groups in total. The van der Waals surface area contributed by atoms with Crippen molar-refractivity contribution < 1.29 is 16.8 Å². The van der Waals surface area contributed by atoms with Crippen molar-refractivity contribution in [3.63, 3.8) is 0 Å². The number of hydrogen-bond acceptors (Lipinski definition) is 5. The van der Waals surface area contributed by atoms with Crippen LogP contribution >= 0.6 is 0 Å². The van der Waals surface area contributed by atoms with Crippen LogP contribution in [0.4, 0.5) is 5.69 Å². The average molecular weight is 318 g/mol. The molecule has 2 rings (SSSR count). The molecule has 0 aliphatic carbocycles. The maximum absolute atomic E-state index is 11.6. The third-order valence-electron chi connectivity index (χ3n) is 3.33. The first-order chi connectivity index (χ1) is 9.17. The molecule has 0 spiro atoms. The highest BCUT2D eigenvalue weighted by atomic mass is 32.2. The molecule has 0 aromatic heterocycles. The minimum Gasteiger partial charge on any atom is -0.381 e. The van der Waals surface area contributed by atoms with Crippen LogP contribution in [0.2, 0.25) is 0 Å². The Morgan fingerprint density at radius 1 is 1.35 bits per heavy atom. The summed E-state index contributed by atoms with van der Waals surface area (Å²) in [6.45, 7) is 1.66. The first-order valence-corrected chi connectivity index (χ1v) is 9.64. The van der Waals surface area contributed by atoms with Gasteiger partial charge in [0, 0.05) is 11.7 Å². The first-order valence-electron chi connectivity index (χ1n) is 6.28. The molecule has 112 valence electrons. The van der Waals surface area contributed by atoms with E-state index < -0.39 is 19.9 Å². The Hall–Kier alpha value is -1.12. The molecule has 8 heteroatoms. The lowest BCUT2D eigenvalue weighted by Crippen LogP contribution is -2.34. The summed E-state index contributed by atoms with van der Waals surface area (Å²) in [5.74, 6) is 0.299. The molecule has 1 heterocycles. The van der Waals surface area contributed by atoms with Crippen LogP contribution in [0.5, 0.6) is 0 Å². The smallest absolute Gasteiger partial charge is 0.238 e. The molecule has 0 saturated carbocycles.